The molecule has 0 bridgehead atoms. The minimum Gasteiger partial charge on any atom is -0.481 e. The first kappa shape index (κ1) is 10.6. The third-order valence-electron chi connectivity index (χ3n) is 2.84. The van der Waals surface area contributed by atoms with Crippen molar-refractivity contribution >= 4 is 21.9 Å². The monoisotopic (exact) mass is 269 g/mol. The topological polar surface area (TPSA) is 49.3 Å². The zero-order chi connectivity index (χ0) is 10.8. The highest BCUT2D eigenvalue weighted by molar-refractivity contribution is 9.10. The van der Waals surface area contributed by atoms with Crippen LogP contribution in [0.2, 0.25) is 0 Å². The minimum atomic E-state index is -0.722. The van der Waals surface area contributed by atoms with Gasteiger partial charge in [0.15, 0.2) is 0 Å². The van der Waals surface area contributed by atoms with Crippen LogP contribution in [0, 0.1) is 5.92 Å². The summed E-state index contributed by atoms with van der Waals surface area (Å²) in [5.74, 6) is -0.970. The van der Waals surface area contributed by atoms with Crippen LogP contribution in [0.3, 0.4) is 0 Å². The van der Waals surface area contributed by atoms with Crippen LogP contribution in [0.25, 0.3) is 0 Å². The average molecular weight is 270 g/mol. The maximum absolute atomic E-state index is 11.0. The summed E-state index contributed by atoms with van der Waals surface area (Å²) < 4.78 is 0.991. The molecule has 0 saturated carbocycles. The summed E-state index contributed by atoms with van der Waals surface area (Å²) in [5, 5.41) is 12.2. The highest BCUT2D eigenvalue weighted by Crippen LogP contribution is 2.32. The van der Waals surface area contributed by atoms with E-state index in [1.54, 1.807) is 0 Å². The van der Waals surface area contributed by atoms with Crippen molar-refractivity contribution in [2.24, 2.45) is 5.92 Å². The molecule has 0 unspecified atom stereocenters. The number of hydrogen-bond donors (Lipinski definition) is 2. The smallest absolute Gasteiger partial charge is 0.308 e. The zero-order valence-electron chi connectivity index (χ0n) is 8.11. The number of carboxylic acids is 1. The van der Waals surface area contributed by atoms with Crippen LogP contribution >= 0.6 is 15.9 Å². The first-order valence-electron chi connectivity index (χ1n) is 4.88. The first-order chi connectivity index (χ1) is 7.20. The summed E-state index contributed by atoms with van der Waals surface area (Å²) in [4.78, 5) is 11.0. The number of carboxylic acid groups (broad SMARTS) is 1. The molecule has 3 nitrogen and oxygen atoms in total. The average Bonchev–Trinajstić information content (AvgIpc) is 2.67. The largest absolute Gasteiger partial charge is 0.481 e. The fourth-order valence-corrected chi connectivity index (χ4v) is 2.62. The quantitative estimate of drug-likeness (QED) is 0.862. The van der Waals surface area contributed by atoms with Gasteiger partial charge in [-0.15, -0.1) is 0 Å². The number of aliphatic carboxylic acids is 1. The molecule has 1 aliphatic rings. The molecule has 4 heteroatoms. The fourth-order valence-electron chi connectivity index (χ4n) is 2.04. The van der Waals surface area contributed by atoms with Crippen molar-refractivity contribution in [1.29, 1.82) is 0 Å². The van der Waals surface area contributed by atoms with Crippen molar-refractivity contribution < 1.29 is 9.90 Å². The minimum absolute atomic E-state index is 0.0677. The molecular weight excluding hydrogens is 258 g/mol. The van der Waals surface area contributed by atoms with E-state index >= 15 is 0 Å². The van der Waals surface area contributed by atoms with Crippen LogP contribution in [0.15, 0.2) is 28.7 Å². The Labute approximate surface area is 96.6 Å². The zero-order valence-corrected chi connectivity index (χ0v) is 9.70. The van der Waals surface area contributed by atoms with Crippen molar-refractivity contribution in [3.05, 3.63) is 34.3 Å². The van der Waals surface area contributed by atoms with Crippen molar-refractivity contribution in [2.45, 2.75) is 5.92 Å². The lowest BCUT2D eigenvalue weighted by atomic mass is 9.89. The van der Waals surface area contributed by atoms with E-state index in [1.165, 1.54) is 0 Å². The van der Waals surface area contributed by atoms with E-state index in [0.717, 1.165) is 16.6 Å². The Hall–Kier alpha value is -0.870. The number of hydrogen-bond acceptors (Lipinski definition) is 2. The van der Waals surface area contributed by atoms with Gasteiger partial charge in [-0.3, -0.25) is 4.79 Å². The number of halogens is 1. The van der Waals surface area contributed by atoms with Gasteiger partial charge in [-0.2, -0.15) is 0 Å². The number of rotatable bonds is 2. The van der Waals surface area contributed by atoms with Crippen LogP contribution in [0.4, 0.5) is 0 Å². The summed E-state index contributed by atoms with van der Waals surface area (Å²) in [7, 11) is 0. The van der Waals surface area contributed by atoms with Gasteiger partial charge in [-0.05, 0) is 11.6 Å². The van der Waals surface area contributed by atoms with Crippen LogP contribution in [0.1, 0.15) is 11.5 Å². The summed E-state index contributed by atoms with van der Waals surface area (Å²) in [6.07, 6.45) is 0. The fraction of sp³-hybridized carbons (Fsp3) is 0.364. The highest BCUT2D eigenvalue weighted by Gasteiger charge is 2.34. The molecule has 80 valence electrons. The van der Waals surface area contributed by atoms with E-state index in [1.807, 2.05) is 24.3 Å². The van der Waals surface area contributed by atoms with Crippen LogP contribution in [-0.2, 0) is 4.79 Å². The van der Waals surface area contributed by atoms with Crippen molar-refractivity contribution in [1.82, 2.24) is 5.32 Å². The lowest BCUT2D eigenvalue weighted by Gasteiger charge is -2.16. The van der Waals surface area contributed by atoms with E-state index in [-0.39, 0.29) is 11.8 Å². The van der Waals surface area contributed by atoms with Gasteiger partial charge in [-0.25, -0.2) is 0 Å². The Morgan fingerprint density at radius 3 is 2.80 bits per heavy atom. The van der Waals surface area contributed by atoms with Gasteiger partial charge >= 0.3 is 5.97 Å². The second-order valence-electron chi connectivity index (χ2n) is 3.73. The summed E-state index contributed by atoms with van der Waals surface area (Å²) in [6.45, 7) is 1.29. The predicted molar refractivity (Wildman–Crippen MR) is 60.9 cm³/mol. The Bertz CT molecular complexity index is 381. The summed E-state index contributed by atoms with van der Waals surface area (Å²) in [6, 6.07) is 7.81. The molecule has 0 amide bonds. The van der Waals surface area contributed by atoms with Gasteiger partial charge in [0.1, 0.15) is 0 Å². The molecule has 1 aromatic carbocycles. The predicted octanol–water partition coefficient (Wildman–Crippen LogP) is 1.84. The molecule has 0 aliphatic carbocycles. The number of nitrogens with one attached hydrogen (secondary N) is 1. The Morgan fingerprint density at radius 2 is 2.13 bits per heavy atom. The molecule has 1 aromatic rings. The van der Waals surface area contributed by atoms with E-state index in [4.69, 9.17) is 5.11 Å². The summed E-state index contributed by atoms with van der Waals surface area (Å²) in [5.41, 5.74) is 1.08. The molecule has 1 heterocycles. The second kappa shape index (κ2) is 4.33. The normalized spacial score (nSPS) is 25.4. The van der Waals surface area contributed by atoms with Crippen LogP contribution < -0.4 is 5.32 Å². The standard InChI is InChI=1S/C11H12BrNO2/c12-10-4-2-1-3-7(10)8-5-13-6-9(8)11(14)15/h1-4,8-9,13H,5-6H2,(H,14,15)/t8-,9+/m0/s1. The third kappa shape index (κ3) is 2.06. The van der Waals surface area contributed by atoms with Crippen molar-refractivity contribution in [3.63, 3.8) is 0 Å². The molecule has 2 atom stereocenters. The summed E-state index contributed by atoms with van der Waals surface area (Å²) >= 11 is 3.46. The first-order valence-corrected chi connectivity index (χ1v) is 5.67. The van der Waals surface area contributed by atoms with E-state index in [0.29, 0.717) is 6.54 Å². The Balaban J connectivity index is 2.30. The molecule has 0 aromatic heterocycles. The van der Waals surface area contributed by atoms with E-state index in [2.05, 4.69) is 21.2 Å². The maximum atomic E-state index is 11.0. The van der Waals surface area contributed by atoms with Crippen LogP contribution in [-0.4, -0.2) is 24.2 Å². The third-order valence-corrected chi connectivity index (χ3v) is 3.56. The number of carbonyl (C=O) groups is 1. The van der Waals surface area contributed by atoms with Gasteiger partial charge < -0.3 is 10.4 Å². The molecule has 1 saturated heterocycles. The van der Waals surface area contributed by atoms with E-state index < -0.39 is 5.97 Å². The SMILES string of the molecule is O=C(O)[C@@H]1CNC[C@H]1c1ccccc1Br. The van der Waals surface area contributed by atoms with Gasteiger partial charge in [0.05, 0.1) is 5.92 Å². The van der Waals surface area contributed by atoms with Crippen LogP contribution in [0.5, 0.6) is 0 Å². The molecule has 2 rings (SSSR count). The lowest BCUT2D eigenvalue weighted by molar-refractivity contribution is -0.141. The second-order valence-corrected chi connectivity index (χ2v) is 4.59. The Morgan fingerprint density at radius 1 is 1.40 bits per heavy atom. The molecule has 1 aliphatic heterocycles. The molecule has 15 heavy (non-hydrogen) atoms. The van der Waals surface area contributed by atoms with Gasteiger partial charge in [0.25, 0.3) is 0 Å². The molecule has 0 spiro atoms. The molecule has 2 N–H and O–H groups in total. The molecule has 0 radical (unpaired) electrons. The van der Waals surface area contributed by atoms with Gasteiger partial charge in [0.2, 0.25) is 0 Å². The van der Waals surface area contributed by atoms with E-state index in [9.17, 15) is 4.79 Å². The maximum Gasteiger partial charge on any atom is 0.308 e. The molecule has 1 fully saturated rings. The Kier molecular flexibility index (Phi) is 3.07. The molecular formula is C11H12BrNO2. The highest BCUT2D eigenvalue weighted by atomic mass is 79.9. The number of benzene rings is 1. The van der Waals surface area contributed by atoms with Gasteiger partial charge in [0, 0.05) is 23.5 Å². The lowest BCUT2D eigenvalue weighted by Crippen LogP contribution is -2.21. The van der Waals surface area contributed by atoms with Crippen molar-refractivity contribution in [3.8, 4) is 0 Å². The van der Waals surface area contributed by atoms with Crippen molar-refractivity contribution in [2.75, 3.05) is 13.1 Å². The van der Waals surface area contributed by atoms with Gasteiger partial charge in [-0.1, -0.05) is 34.1 Å².